The number of amides is 1. The standard InChI is InChI=1S/C19H16F4N2O3S/c1-18(2,11-29(27,28)15-7-4-13(20)5-8-15)17(26)25-14-6-3-12(10-24)16(9-14)19(21,22)23/h3-9H,11H2,1-2H3,(H,25,26). The smallest absolute Gasteiger partial charge is 0.326 e. The maximum absolute atomic E-state index is 13.1. The van der Waals surface area contributed by atoms with Gasteiger partial charge in [0.05, 0.1) is 33.3 Å². The SMILES string of the molecule is CC(C)(CS(=O)(=O)c1ccc(F)cc1)C(=O)Nc1ccc(C#N)c(C(F)(F)F)c1. The lowest BCUT2D eigenvalue weighted by molar-refractivity contribution is -0.137. The van der Waals surface area contributed by atoms with Gasteiger partial charge >= 0.3 is 6.18 Å². The highest BCUT2D eigenvalue weighted by molar-refractivity contribution is 7.91. The van der Waals surface area contributed by atoms with E-state index in [1.807, 2.05) is 0 Å². The average Bonchev–Trinajstić information content (AvgIpc) is 2.60. The Morgan fingerprint density at radius 3 is 2.21 bits per heavy atom. The van der Waals surface area contributed by atoms with E-state index in [2.05, 4.69) is 5.32 Å². The molecule has 0 atom stereocenters. The molecule has 5 nitrogen and oxygen atoms in total. The maximum atomic E-state index is 13.1. The molecule has 10 heteroatoms. The minimum atomic E-state index is -4.80. The monoisotopic (exact) mass is 428 g/mol. The van der Waals surface area contributed by atoms with E-state index >= 15 is 0 Å². The number of halogens is 4. The summed E-state index contributed by atoms with van der Waals surface area (Å²) < 4.78 is 77.2. The van der Waals surface area contributed by atoms with Gasteiger partial charge in [0.15, 0.2) is 9.84 Å². The molecule has 0 unspecified atom stereocenters. The van der Waals surface area contributed by atoms with Crippen molar-refractivity contribution in [3.63, 3.8) is 0 Å². The first kappa shape index (κ1) is 22.4. The van der Waals surface area contributed by atoms with Gasteiger partial charge in [-0.05, 0) is 42.5 Å². The summed E-state index contributed by atoms with van der Waals surface area (Å²) in [6, 6.07) is 8.14. The third-order valence-corrected chi connectivity index (χ3v) is 6.13. The van der Waals surface area contributed by atoms with Crippen molar-refractivity contribution < 1.29 is 30.8 Å². The Balaban J connectivity index is 2.25. The van der Waals surface area contributed by atoms with Gasteiger partial charge in [0, 0.05) is 5.69 Å². The van der Waals surface area contributed by atoms with E-state index in [9.17, 15) is 30.8 Å². The predicted octanol–water partition coefficient (Wildman–Crippen LogP) is 4.15. The van der Waals surface area contributed by atoms with Crippen LogP contribution in [0.5, 0.6) is 0 Å². The van der Waals surface area contributed by atoms with Crippen molar-refractivity contribution in [1.82, 2.24) is 0 Å². The quantitative estimate of drug-likeness (QED) is 0.572. The van der Waals surface area contributed by atoms with Gasteiger partial charge in [-0.3, -0.25) is 4.79 Å². The van der Waals surface area contributed by atoms with E-state index in [-0.39, 0.29) is 10.6 Å². The number of carbonyl (C=O) groups is 1. The molecule has 0 saturated heterocycles. The highest BCUT2D eigenvalue weighted by Crippen LogP contribution is 2.34. The molecule has 0 aliphatic rings. The molecule has 0 aliphatic carbocycles. The minimum Gasteiger partial charge on any atom is -0.326 e. The number of carbonyl (C=O) groups excluding carboxylic acids is 1. The summed E-state index contributed by atoms with van der Waals surface area (Å²) in [5.74, 6) is -2.11. The summed E-state index contributed by atoms with van der Waals surface area (Å²) >= 11 is 0. The molecule has 0 aliphatic heterocycles. The maximum Gasteiger partial charge on any atom is 0.417 e. The third kappa shape index (κ3) is 5.32. The molecular weight excluding hydrogens is 412 g/mol. The van der Waals surface area contributed by atoms with E-state index < -0.39 is 50.0 Å². The first-order chi connectivity index (χ1) is 13.3. The van der Waals surface area contributed by atoms with Crippen LogP contribution in [0.25, 0.3) is 0 Å². The fourth-order valence-electron chi connectivity index (χ4n) is 2.52. The second kappa shape index (κ2) is 7.83. The number of hydrogen-bond donors (Lipinski definition) is 1. The molecule has 0 radical (unpaired) electrons. The molecule has 0 fully saturated rings. The number of benzene rings is 2. The van der Waals surface area contributed by atoms with Gasteiger partial charge < -0.3 is 5.32 Å². The van der Waals surface area contributed by atoms with Crippen molar-refractivity contribution in [2.45, 2.75) is 24.9 Å². The second-order valence-corrected chi connectivity index (χ2v) is 8.91. The van der Waals surface area contributed by atoms with Crippen molar-refractivity contribution in [3.8, 4) is 6.07 Å². The summed E-state index contributed by atoms with van der Waals surface area (Å²) in [7, 11) is -3.96. The lowest BCUT2D eigenvalue weighted by Crippen LogP contribution is -2.37. The molecule has 0 saturated carbocycles. The average molecular weight is 428 g/mol. The first-order valence-corrected chi connectivity index (χ1v) is 9.83. The highest BCUT2D eigenvalue weighted by Gasteiger charge is 2.36. The van der Waals surface area contributed by atoms with Gasteiger partial charge in [-0.15, -0.1) is 0 Å². The van der Waals surface area contributed by atoms with Crippen molar-refractivity contribution in [3.05, 3.63) is 59.4 Å². The van der Waals surface area contributed by atoms with Gasteiger partial charge in [-0.1, -0.05) is 13.8 Å². The van der Waals surface area contributed by atoms with Crippen LogP contribution in [0, 0.1) is 22.6 Å². The summed E-state index contributed by atoms with van der Waals surface area (Å²) in [4.78, 5) is 12.3. The number of hydrogen-bond acceptors (Lipinski definition) is 4. The summed E-state index contributed by atoms with van der Waals surface area (Å²) in [5.41, 5.74) is -3.56. The molecule has 154 valence electrons. The predicted molar refractivity (Wildman–Crippen MR) is 97.0 cm³/mol. The van der Waals surface area contributed by atoms with E-state index in [4.69, 9.17) is 5.26 Å². The lowest BCUT2D eigenvalue weighted by Gasteiger charge is -2.24. The Morgan fingerprint density at radius 1 is 1.10 bits per heavy atom. The van der Waals surface area contributed by atoms with Crippen molar-refractivity contribution in [2.75, 3.05) is 11.1 Å². The van der Waals surface area contributed by atoms with Crippen LogP contribution in [0.4, 0.5) is 23.2 Å². The largest absolute Gasteiger partial charge is 0.417 e. The van der Waals surface area contributed by atoms with Crippen LogP contribution in [-0.2, 0) is 20.8 Å². The normalized spacial score (nSPS) is 12.3. The van der Waals surface area contributed by atoms with Crippen molar-refractivity contribution in [2.24, 2.45) is 5.41 Å². The van der Waals surface area contributed by atoms with Gasteiger partial charge in [0.25, 0.3) is 0 Å². The number of nitriles is 1. The topological polar surface area (TPSA) is 87.0 Å². The fourth-order valence-corrected chi connectivity index (χ4v) is 4.32. The van der Waals surface area contributed by atoms with Crippen LogP contribution >= 0.6 is 0 Å². The summed E-state index contributed by atoms with van der Waals surface area (Å²) in [5, 5.41) is 11.1. The molecule has 0 spiro atoms. The molecule has 29 heavy (non-hydrogen) atoms. The number of nitrogens with zero attached hydrogens (tertiary/aromatic N) is 1. The Hall–Kier alpha value is -2.93. The van der Waals surface area contributed by atoms with Crippen LogP contribution in [0.2, 0.25) is 0 Å². The zero-order valence-corrected chi connectivity index (χ0v) is 16.2. The van der Waals surface area contributed by atoms with E-state index in [1.165, 1.54) is 19.9 Å². The molecule has 0 heterocycles. The first-order valence-electron chi connectivity index (χ1n) is 8.17. The lowest BCUT2D eigenvalue weighted by atomic mass is 9.95. The second-order valence-electron chi connectivity index (χ2n) is 6.92. The highest BCUT2D eigenvalue weighted by atomic mass is 32.2. The summed E-state index contributed by atoms with van der Waals surface area (Å²) in [6.45, 7) is 2.63. The molecular formula is C19H16F4N2O3S. The van der Waals surface area contributed by atoms with Crippen molar-refractivity contribution in [1.29, 1.82) is 5.26 Å². The Morgan fingerprint density at radius 2 is 1.69 bits per heavy atom. The van der Waals surface area contributed by atoms with Crippen LogP contribution in [0.3, 0.4) is 0 Å². The Kier molecular flexibility index (Phi) is 6.04. The number of nitrogens with one attached hydrogen (secondary N) is 1. The van der Waals surface area contributed by atoms with Crippen LogP contribution in [0.15, 0.2) is 47.4 Å². The van der Waals surface area contributed by atoms with Crippen LogP contribution < -0.4 is 5.32 Å². The summed E-state index contributed by atoms with van der Waals surface area (Å²) in [6.07, 6.45) is -4.80. The van der Waals surface area contributed by atoms with Crippen LogP contribution in [0.1, 0.15) is 25.0 Å². The number of sulfone groups is 1. The zero-order valence-electron chi connectivity index (χ0n) is 15.3. The Labute approximate surface area is 164 Å². The van der Waals surface area contributed by atoms with Gasteiger partial charge in [-0.25, -0.2) is 12.8 Å². The molecule has 2 rings (SSSR count). The molecule has 2 aromatic rings. The number of anilines is 1. The fraction of sp³-hybridized carbons (Fsp3) is 0.263. The van der Waals surface area contributed by atoms with Gasteiger partial charge in [0.2, 0.25) is 5.91 Å². The number of rotatable bonds is 5. The van der Waals surface area contributed by atoms with E-state index in [0.29, 0.717) is 6.07 Å². The number of alkyl halides is 3. The third-order valence-electron chi connectivity index (χ3n) is 4.04. The minimum absolute atomic E-state index is 0.183. The molecule has 1 amide bonds. The Bertz CT molecular complexity index is 1070. The molecule has 0 aromatic heterocycles. The van der Waals surface area contributed by atoms with Gasteiger partial charge in [-0.2, -0.15) is 18.4 Å². The molecule has 2 aromatic carbocycles. The van der Waals surface area contributed by atoms with E-state index in [1.54, 1.807) is 0 Å². The molecule has 1 N–H and O–H groups in total. The van der Waals surface area contributed by atoms with Gasteiger partial charge in [0.1, 0.15) is 5.82 Å². The zero-order chi connectivity index (χ0) is 22.0. The van der Waals surface area contributed by atoms with Crippen molar-refractivity contribution >= 4 is 21.4 Å². The van der Waals surface area contributed by atoms with Crippen LogP contribution in [-0.4, -0.2) is 20.1 Å². The van der Waals surface area contributed by atoms with E-state index in [0.717, 1.165) is 36.4 Å². The molecule has 0 bridgehead atoms.